The summed E-state index contributed by atoms with van der Waals surface area (Å²) >= 11 is 12.6. The van der Waals surface area contributed by atoms with E-state index < -0.39 is 6.36 Å². The van der Waals surface area contributed by atoms with Gasteiger partial charge in [-0.1, -0.05) is 77.8 Å². The van der Waals surface area contributed by atoms with Gasteiger partial charge in [-0.05, 0) is 77.2 Å². The number of nitrogens with zero attached hydrogens (tertiary/aromatic N) is 2. The largest absolute Gasteiger partial charge is 0.573 e. The second kappa shape index (κ2) is 17.1. The molecule has 0 spiro atoms. The van der Waals surface area contributed by atoms with Crippen LogP contribution < -0.4 is 14.8 Å². The average Bonchev–Trinajstić information content (AvgIpc) is 3.50. The summed E-state index contributed by atoms with van der Waals surface area (Å²) in [4.78, 5) is 29.0. The number of rotatable bonds is 14. The van der Waals surface area contributed by atoms with Crippen molar-refractivity contribution in [2.45, 2.75) is 32.3 Å². The molecule has 0 bridgehead atoms. The van der Waals surface area contributed by atoms with Crippen LogP contribution in [0.25, 0.3) is 34.5 Å². The van der Waals surface area contributed by atoms with Crippen molar-refractivity contribution < 1.29 is 37.0 Å². The molecular weight excluding hydrogens is 706 g/mol. The number of carbonyl (C=O) groups is 2. The summed E-state index contributed by atoms with van der Waals surface area (Å²) in [6.45, 7) is 0.422. The van der Waals surface area contributed by atoms with Crippen LogP contribution in [0.5, 0.6) is 11.5 Å². The summed E-state index contributed by atoms with van der Waals surface area (Å²) in [5.41, 5.74) is 4.67. The van der Waals surface area contributed by atoms with E-state index >= 15 is 0 Å². The maximum absolute atomic E-state index is 13.0. The third-order valence-corrected chi connectivity index (χ3v) is 8.07. The van der Waals surface area contributed by atoms with Crippen LogP contribution in [0.1, 0.15) is 29.8 Å². The van der Waals surface area contributed by atoms with Crippen LogP contribution in [0.2, 0.25) is 10.0 Å². The third-order valence-electron chi connectivity index (χ3n) is 7.52. The van der Waals surface area contributed by atoms with Crippen molar-refractivity contribution in [3.8, 4) is 33.9 Å². The van der Waals surface area contributed by atoms with Crippen molar-refractivity contribution in [2.24, 2.45) is 0 Å². The molecule has 4 aromatic carbocycles. The molecule has 13 heteroatoms. The van der Waals surface area contributed by atoms with Crippen molar-refractivity contribution in [1.29, 1.82) is 0 Å². The molecule has 0 fully saturated rings. The highest BCUT2D eigenvalue weighted by Gasteiger charge is 2.31. The fourth-order valence-electron chi connectivity index (χ4n) is 4.95. The molecule has 1 heterocycles. The lowest BCUT2D eigenvalue weighted by atomic mass is 10.0. The van der Waals surface area contributed by atoms with Crippen molar-refractivity contribution >= 4 is 47.2 Å². The van der Waals surface area contributed by atoms with Crippen molar-refractivity contribution in [1.82, 2.24) is 14.9 Å². The van der Waals surface area contributed by atoms with Crippen LogP contribution in [0.15, 0.2) is 97.2 Å². The van der Waals surface area contributed by atoms with Gasteiger partial charge >= 0.3 is 12.3 Å². The number of benzene rings is 4. The molecule has 264 valence electrons. The van der Waals surface area contributed by atoms with Crippen LogP contribution in [0, 0.1) is 0 Å². The zero-order chi connectivity index (χ0) is 36.4. The molecule has 1 aromatic heterocycles. The Hall–Kier alpha value is -5.26. The Labute approximate surface area is 302 Å². The summed E-state index contributed by atoms with van der Waals surface area (Å²) in [5.74, 6) is 0.250. The Morgan fingerprint density at radius 3 is 2.20 bits per heavy atom. The quantitative estimate of drug-likeness (QED) is 0.0903. The highest BCUT2D eigenvalue weighted by Crippen LogP contribution is 2.31. The Morgan fingerprint density at radius 2 is 1.55 bits per heavy atom. The summed E-state index contributed by atoms with van der Waals surface area (Å²) in [7, 11) is 1.36. The van der Waals surface area contributed by atoms with Gasteiger partial charge in [0.1, 0.15) is 23.9 Å². The summed E-state index contributed by atoms with van der Waals surface area (Å²) in [6, 6.07) is 25.9. The van der Waals surface area contributed by atoms with Gasteiger partial charge in [0.25, 0.3) is 0 Å². The highest BCUT2D eigenvalue weighted by atomic mass is 35.5. The van der Waals surface area contributed by atoms with E-state index in [4.69, 9.17) is 32.9 Å². The van der Waals surface area contributed by atoms with Gasteiger partial charge in [0, 0.05) is 29.7 Å². The number of carbonyl (C=O) groups excluding carboxylic acids is 2. The second-order valence-electron chi connectivity index (χ2n) is 11.2. The molecule has 0 unspecified atom stereocenters. The number of aromatic nitrogens is 2. The molecule has 51 heavy (non-hydrogen) atoms. The fraction of sp³-hybridized carbons (Fsp3) is 0.184. The summed E-state index contributed by atoms with van der Waals surface area (Å²) in [5, 5.41) is 3.66. The number of amides is 1. The molecule has 0 saturated heterocycles. The Morgan fingerprint density at radius 1 is 0.882 bits per heavy atom. The molecule has 0 aliphatic carbocycles. The molecule has 0 aliphatic heterocycles. The number of imidazole rings is 1. The van der Waals surface area contributed by atoms with E-state index in [0.717, 1.165) is 16.7 Å². The average molecular weight is 739 g/mol. The molecular formula is C38H32Cl2F3N3O5. The van der Waals surface area contributed by atoms with Crippen molar-refractivity contribution in [2.75, 3.05) is 13.7 Å². The minimum Gasteiger partial charge on any atom is -0.494 e. The number of methoxy groups -OCH3 is 1. The lowest BCUT2D eigenvalue weighted by molar-refractivity contribution is -0.274. The lowest BCUT2D eigenvalue weighted by Crippen LogP contribution is -2.27. The van der Waals surface area contributed by atoms with E-state index in [1.807, 2.05) is 54.6 Å². The minimum absolute atomic E-state index is 0.0862. The van der Waals surface area contributed by atoms with Gasteiger partial charge in [-0.3, -0.25) is 9.59 Å². The maximum Gasteiger partial charge on any atom is 0.573 e. The van der Waals surface area contributed by atoms with Gasteiger partial charge < -0.3 is 24.1 Å². The maximum atomic E-state index is 13.0. The summed E-state index contributed by atoms with van der Waals surface area (Å²) in [6.07, 6.45) is 1.47. The zero-order valence-electron chi connectivity index (χ0n) is 27.3. The van der Waals surface area contributed by atoms with Crippen molar-refractivity contribution in [3.05, 3.63) is 124 Å². The Kier molecular flexibility index (Phi) is 12.4. The van der Waals surface area contributed by atoms with Gasteiger partial charge in [-0.2, -0.15) is 0 Å². The standard InChI is InChI=1S/C38H32Cl2F3N3O5/c1-49-37(48)3-2-20-50-30-16-11-28(12-17-30)27-9-4-25(5-10-27)8-19-35-45-34(32-18-13-29(39)21-33(32)40)23-46(35)24-36(47)44-22-26-6-14-31(15-7-26)51-38(41,42)43/h4-19,21,23H,2-3,20,22,24H2,1H3,(H,44,47). The van der Waals surface area contributed by atoms with Gasteiger partial charge in [-0.15, -0.1) is 13.2 Å². The van der Waals surface area contributed by atoms with E-state index in [1.54, 1.807) is 35.0 Å². The molecule has 1 N–H and O–H groups in total. The van der Waals surface area contributed by atoms with Gasteiger partial charge in [0.05, 0.1) is 24.4 Å². The molecule has 0 aliphatic rings. The number of halogens is 5. The Bertz CT molecular complexity index is 1980. The number of alkyl halides is 3. The molecule has 5 aromatic rings. The van der Waals surface area contributed by atoms with E-state index in [-0.39, 0.29) is 30.7 Å². The van der Waals surface area contributed by atoms with Crippen LogP contribution in [0.3, 0.4) is 0 Å². The first-order valence-electron chi connectivity index (χ1n) is 15.7. The molecule has 0 atom stereocenters. The predicted molar refractivity (Wildman–Crippen MR) is 190 cm³/mol. The smallest absolute Gasteiger partial charge is 0.494 e. The number of ether oxygens (including phenoxy) is 3. The zero-order valence-corrected chi connectivity index (χ0v) is 28.8. The van der Waals surface area contributed by atoms with Gasteiger partial charge in [0.2, 0.25) is 5.91 Å². The first-order chi connectivity index (χ1) is 24.5. The minimum atomic E-state index is -4.79. The van der Waals surface area contributed by atoms with Crippen LogP contribution in [-0.4, -0.2) is 41.5 Å². The summed E-state index contributed by atoms with van der Waals surface area (Å²) < 4.78 is 53.3. The van der Waals surface area contributed by atoms with E-state index in [9.17, 15) is 22.8 Å². The monoisotopic (exact) mass is 737 g/mol. The second-order valence-corrected chi connectivity index (χ2v) is 12.1. The SMILES string of the molecule is COC(=O)CCCOc1ccc(-c2ccc(C=Cc3nc(-c4ccc(Cl)cc4Cl)cn3CC(=O)NCc3ccc(OC(F)(F)F)cc3)cc2)cc1. The van der Waals surface area contributed by atoms with E-state index in [2.05, 4.69) is 14.8 Å². The Balaban J connectivity index is 1.26. The fourth-order valence-corrected chi connectivity index (χ4v) is 5.45. The molecule has 0 saturated carbocycles. The molecule has 8 nitrogen and oxygen atoms in total. The number of hydrogen-bond acceptors (Lipinski definition) is 6. The van der Waals surface area contributed by atoms with E-state index in [0.29, 0.717) is 57.9 Å². The van der Waals surface area contributed by atoms with E-state index in [1.165, 1.54) is 31.4 Å². The molecule has 5 rings (SSSR count). The predicted octanol–water partition coefficient (Wildman–Crippen LogP) is 9.24. The van der Waals surface area contributed by atoms with Crippen LogP contribution in [0.4, 0.5) is 13.2 Å². The highest BCUT2D eigenvalue weighted by molar-refractivity contribution is 6.36. The molecule has 1 amide bonds. The molecule has 0 radical (unpaired) electrons. The number of esters is 1. The lowest BCUT2D eigenvalue weighted by Gasteiger charge is -2.10. The normalized spacial score (nSPS) is 11.4. The first-order valence-corrected chi connectivity index (χ1v) is 16.4. The number of nitrogens with one attached hydrogen (secondary N) is 1. The van der Waals surface area contributed by atoms with Crippen molar-refractivity contribution in [3.63, 3.8) is 0 Å². The third kappa shape index (κ3) is 11.1. The van der Waals surface area contributed by atoms with Gasteiger partial charge in [-0.25, -0.2) is 4.98 Å². The van der Waals surface area contributed by atoms with Crippen LogP contribution in [-0.2, 0) is 27.4 Å². The van der Waals surface area contributed by atoms with Gasteiger partial charge in [0.15, 0.2) is 0 Å². The number of hydrogen-bond donors (Lipinski definition) is 1. The first kappa shape index (κ1) is 37.0. The van der Waals surface area contributed by atoms with Crippen LogP contribution >= 0.6 is 23.2 Å². The topological polar surface area (TPSA) is 91.7 Å².